The lowest BCUT2D eigenvalue weighted by Crippen LogP contribution is -2.38. The molecule has 0 aromatic heterocycles. The van der Waals surface area contributed by atoms with Crippen LogP contribution in [0.3, 0.4) is 0 Å². The van der Waals surface area contributed by atoms with E-state index in [1.54, 1.807) is 6.92 Å². The highest BCUT2D eigenvalue weighted by Crippen LogP contribution is 2.14. The Bertz CT molecular complexity index is 385. The third kappa shape index (κ3) is 3.47. The van der Waals surface area contributed by atoms with E-state index < -0.39 is 23.7 Å². The van der Waals surface area contributed by atoms with Crippen molar-refractivity contribution in [3.05, 3.63) is 29.8 Å². The summed E-state index contributed by atoms with van der Waals surface area (Å²) in [5, 5.41) is 13.2. The molecule has 1 rings (SSSR count). The second kappa shape index (κ2) is 5.41. The third-order valence-corrected chi connectivity index (χ3v) is 1.83. The van der Waals surface area contributed by atoms with Gasteiger partial charge in [0.05, 0.1) is 18.3 Å². The van der Waals surface area contributed by atoms with Gasteiger partial charge in [-0.05, 0) is 19.1 Å². The van der Waals surface area contributed by atoms with Crippen molar-refractivity contribution in [2.75, 3.05) is 11.9 Å². The van der Waals surface area contributed by atoms with Gasteiger partial charge in [0.25, 0.3) is 0 Å². The summed E-state index contributed by atoms with van der Waals surface area (Å²) in [4.78, 5) is 11.2. The number of aliphatic hydroxyl groups is 1. The fourth-order valence-electron chi connectivity index (χ4n) is 1.02. The lowest BCUT2D eigenvalue weighted by atomic mass is 10.3. The fourth-order valence-corrected chi connectivity index (χ4v) is 1.02. The van der Waals surface area contributed by atoms with E-state index in [-0.39, 0.29) is 12.3 Å². The number of halogens is 2. The van der Waals surface area contributed by atoms with E-state index in [9.17, 15) is 13.6 Å². The van der Waals surface area contributed by atoms with Gasteiger partial charge in [-0.15, -0.1) is 0 Å². The second-order valence-corrected chi connectivity index (χ2v) is 3.31. The predicted molar refractivity (Wildman–Crippen MR) is 55.1 cm³/mol. The Balaban J connectivity index is 2.63. The number of amides is 2. The lowest BCUT2D eigenvalue weighted by Gasteiger charge is -2.12. The van der Waals surface area contributed by atoms with Crippen LogP contribution in [0.2, 0.25) is 0 Å². The lowest BCUT2D eigenvalue weighted by molar-refractivity contribution is 0.229. The number of rotatable bonds is 3. The molecule has 0 heterocycles. The van der Waals surface area contributed by atoms with Crippen molar-refractivity contribution in [3.8, 4) is 0 Å². The van der Waals surface area contributed by atoms with Gasteiger partial charge >= 0.3 is 6.03 Å². The third-order valence-electron chi connectivity index (χ3n) is 1.83. The molecule has 6 heteroatoms. The van der Waals surface area contributed by atoms with Gasteiger partial charge in [0, 0.05) is 6.07 Å². The summed E-state index contributed by atoms with van der Waals surface area (Å²) >= 11 is 0. The molecule has 1 unspecified atom stereocenters. The van der Waals surface area contributed by atoms with Crippen LogP contribution in [0, 0.1) is 11.6 Å². The minimum absolute atomic E-state index is 0.121. The van der Waals surface area contributed by atoms with Crippen molar-refractivity contribution >= 4 is 11.7 Å². The number of hydrogen-bond acceptors (Lipinski definition) is 2. The number of carbonyl (C=O) groups is 1. The summed E-state index contributed by atoms with van der Waals surface area (Å²) in [5.41, 5.74) is -0.121. The molecule has 16 heavy (non-hydrogen) atoms. The van der Waals surface area contributed by atoms with Gasteiger partial charge in [-0.2, -0.15) is 0 Å². The Kier molecular flexibility index (Phi) is 4.19. The molecule has 0 spiro atoms. The van der Waals surface area contributed by atoms with Crippen LogP contribution in [0.5, 0.6) is 0 Å². The predicted octanol–water partition coefficient (Wildman–Crippen LogP) is 1.47. The molecule has 0 aliphatic heterocycles. The molecular formula is C10H12F2N2O2. The minimum atomic E-state index is -0.855. The van der Waals surface area contributed by atoms with Gasteiger partial charge in [0.15, 0.2) is 0 Å². The van der Waals surface area contributed by atoms with Crippen LogP contribution >= 0.6 is 0 Å². The molecule has 3 N–H and O–H groups in total. The van der Waals surface area contributed by atoms with E-state index in [1.807, 2.05) is 0 Å². The van der Waals surface area contributed by atoms with Crippen molar-refractivity contribution in [2.45, 2.75) is 13.0 Å². The molecule has 0 aliphatic rings. The van der Waals surface area contributed by atoms with E-state index in [2.05, 4.69) is 10.6 Å². The molecule has 0 aliphatic carbocycles. The highest BCUT2D eigenvalue weighted by atomic mass is 19.1. The van der Waals surface area contributed by atoms with Crippen molar-refractivity contribution in [1.82, 2.24) is 5.32 Å². The maximum atomic E-state index is 13.1. The molecule has 4 nitrogen and oxygen atoms in total. The highest BCUT2D eigenvalue weighted by Gasteiger charge is 2.09. The maximum absolute atomic E-state index is 13.1. The van der Waals surface area contributed by atoms with Crippen LogP contribution in [0.4, 0.5) is 19.3 Å². The summed E-state index contributed by atoms with van der Waals surface area (Å²) in [5.74, 6) is -1.57. The zero-order valence-electron chi connectivity index (χ0n) is 8.63. The Morgan fingerprint density at radius 3 is 2.75 bits per heavy atom. The standard InChI is InChI=1S/C10H12F2N2O2/c1-6(5-15)13-10(16)14-9-3-2-7(11)4-8(9)12/h2-4,6,15H,5H2,1H3,(H2,13,14,16). The molecule has 1 aromatic carbocycles. The number of aliphatic hydroxyl groups excluding tert-OH is 1. The molecule has 0 radical (unpaired) electrons. The number of nitrogens with one attached hydrogen (secondary N) is 2. The molecule has 0 saturated heterocycles. The fraction of sp³-hybridized carbons (Fsp3) is 0.300. The van der Waals surface area contributed by atoms with Crippen LogP contribution in [-0.2, 0) is 0 Å². The normalized spacial score (nSPS) is 12.0. The molecular weight excluding hydrogens is 218 g/mol. The van der Waals surface area contributed by atoms with Crippen molar-refractivity contribution < 1.29 is 18.7 Å². The maximum Gasteiger partial charge on any atom is 0.319 e. The van der Waals surface area contributed by atoms with Crippen molar-refractivity contribution in [3.63, 3.8) is 0 Å². The Morgan fingerprint density at radius 2 is 2.19 bits per heavy atom. The monoisotopic (exact) mass is 230 g/mol. The Labute approximate surface area is 91.3 Å². The molecule has 0 saturated carbocycles. The Morgan fingerprint density at radius 1 is 1.50 bits per heavy atom. The van der Waals surface area contributed by atoms with Crippen molar-refractivity contribution in [2.24, 2.45) is 0 Å². The number of hydrogen-bond donors (Lipinski definition) is 3. The first kappa shape index (κ1) is 12.4. The van der Waals surface area contributed by atoms with Gasteiger partial charge in [0.2, 0.25) is 0 Å². The van der Waals surface area contributed by atoms with Gasteiger partial charge in [-0.3, -0.25) is 0 Å². The largest absolute Gasteiger partial charge is 0.394 e. The van der Waals surface area contributed by atoms with E-state index in [1.165, 1.54) is 0 Å². The first-order chi connectivity index (χ1) is 7.52. The van der Waals surface area contributed by atoms with Crippen LogP contribution in [0.15, 0.2) is 18.2 Å². The average molecular weight is 230 g/mol. The summed E-state index contributed by atoms with van der Waals surface area (Å²) < 4.78 is 25.6. The zero-order valence-corrected chi connectivity index (χ0v) is 8.63. The van der Waals surface area contributed by atoms with Crippen LogP contribution in [0.25, 0.3) is 0 Å². The second-order valence-electron chi connectivity index (χ2n) is 3.31. The van der Waals surface area contributed by atoms with Gasteiger partial charge < -0.3 is 15.7 Å². The molecule has 88 valence electrons. The summed E-state index contributed by atoms with van der Waals surface area (Å²) in [6.07, 6.45) is 0. The topological polar surface area (TPSA) is 61.4 Å². The van der Waals surface area contributed by atoms with Gasteiger partial charge in [-0.25, -0.2) is 13.6 Å². The summed E-state index contributed by atoms with van der Waals surface area (Å²) in [7, 11) is 0. The molecule has 0 fully saturated rings. The van der Waals surface area contributed by atoms with Crippen molar-refractivity contribution in [1.29, 1.82) is 0 Å². The van der Waals surface area contributed by atoms with E-state index in [0.717, 1.165) is 12.1 Å². The minimum Gasteiger partial charge on any atom is -0.394 e. The summed E-state index contributed by atoms with van der Waals surface area (Å²) in [6, 6.07) is 1.73. The molecule has 0 bridgehead atoms. The number of benzene rings is 1. The molecule has 1 atom stereocenters. The Hall–Kier alpha value is -1.69. The van der Waals surface area contributed by atoms with Gasteiger partial charge in [-0.1, -0.05) is 0 Å². The molecule has 2 amide bonds. The van der Waals surface area contributed by atoms with E-state index in [0.29, 0.717) is 6.07 Å². The average Bonchev–Trinajstić information content (AvgIpc) is 2.22. The summed E-state index contributed by atoms with van der Waals surface area (Å²) in [6.45, 7) is 1.36. The van der Waals surface area contributed by atoms with Crippen LogP contribution < -0.4 is 10.6 Å². The smallest absolute Gasteiger partial charge is 0.319 e. The van der Waals surface area contributed by atoms with Crippen LogP contribution in [0.1, 0.15) is 6.92 Å². The number of anilines is 1. The van der Waals surface area contributed by atoms with Crippen LogP contribution in [-0.4, -0.2) is 23.8 Å². The number of carbonyl (C=O) groups excluding carboxylic acids is 1. The first-order valence-corrected chi connectivity index (χ1v) is 4.66. The number of urea groups is 1. The SMILES string of the molecule is CC(CO)NC(=O)Nc1ccc(F)cc1F. The van der Waals surface area contributed by atoms with E-state index in [4.69, 9.17) is 5.11 Å². The first-order valence-electron chi connectivity index (χ1n) is 4.66. The highest BCUT2D eigenvalue weighted by molar-refractivity contribution is 5.89. The van der Waals surface area contributed by atoms with Gasteiger partial charge in [0.1, 0.15) is 11.6 Å². The zero-order chi connectivity index (χ0) is 12.1. The van der Waals surface area contributed by atoms with E-state index >= 15 is 0 Å². The molecule has 1 aromatic rings. The quantitative estimate of drug-likeness (QED) is 0.736.